The molecule has 76 valence electrons. The molecule has 0 aliphatic heterocycles. The molecule has 0 saturated carbocycles. The van der Waals surface area contributed by atoms with Gasteiger partial charge >= 0.3 is 0 Å². The molecule has 0 unspecified atom stereocenters. The number of pyridine rings is 1. The maximum atomic E-state index is 8.82. The summed E-state index contributed by atoms with van der Waals surface area (Å²) in [6.07, 6.45) is 1.58. The lowest BCUT2D eigenvalue weighted by Gasteiger charge is -1.99. The van der Waals surface area contributed by atoms with Gasteiger partial charge in [-0.3, -0.25) is 4.68 Å². The molecular weight excluding hydrogens is 188 g/mol. The molecule has 4 heteroatoms. The third-order valence-corrected chi connectivity index (χ3v) is 2.38. The van der Waals surface area contributed by atoms with E-state index < -0.39 is 0 Å². The van der Waals surface area contributed by atoms with Crippen molar-refractivity contribution in [2.45, 2.75) is 19.8 Å². The molecule has 0 spiro atoms. The molecule has 0 N–H and O–H groups in total. The van der Waals surface area contributed by atoms with Crippen molar-refractivity contribution >= 4 is 11.0 Å². The van der Waals surface area contributed by atoms with Gasteiger partial charge in [-0.05, 0) is 12.0 Å². The van der Waals surface area contributed by atoms with E-state index in [1.807, 2.05) is 13.1 Å². The molecule has 0 radical (unpaired) electrons. The van der Waals surface area contributed by atoms with Gasteiger partial charge < -0.3 is 0 Å². The van der Waals surface area contributed by atoms with Crippen molar-refractivity contribution in [3.05, 3.63) is 23.5 Å². The average Bonchev–Trinajstić information content (AvgIpc) is 2.56. The molecule has 2 rings (SSSR count). The van der Waals surface area contributed by atoms with E-state index in [0.29, 0.717) is 11.5 Å². The maximum Gasteiger partial charge on any atom is 0.157 e. The van der Waals surface area contributed by atoms with E-state index in [0.717, 1.165) is 16.7 Å². The lowest BCUT2D eigenvalue weighted by molar-refractivity contribution is 0.724. The van der Waals surface area contributed by atoms with E-state index >= 15 is 0 Å². The van der Waals surface area contributed by atoms with Crippen LogP contribution in [0.25, 0.3) is 11.0 Å². The van der Waals surface area contributed by atoms with Crippen molar-refractivity contribution in [2.24, 2.45) is 7.05 Å². The summed E-state index contributed by atoms with van der Waals surface area (Å²) in [6, 6.07) is 3.95. The molecule has 0 aliphatic carbocycles. The number of hydrogen-bond acceptors (Lipinski definition) is 3. The minimum absolute atomic E-state index is 0.337. The number of nitrogens with zero attached hydrogens (tertiary/aromatic N) is 4. The van der Waals surface area contributed by atoms with Crippen LogP contribution in [0.3, 0.4) is 0 Å². The Kier molecular flexibility index (Phi) is 2.16. The zero-order valence-electron chi connectivity index (χ0n) is 9.02. The van der Waals surface area contributed by atoms with Crippen molar-refractivity contribution in [1.82, 2.24) is 14.8 Å². The normalized spacial score (nSPS) is 10.9. The van der Waals surface area contributed by atoms with Crippen LogP contribution in [0.2, 0.25) is 0 Å². The second kappa shape index (κ2) is 3.35. The van der Waals surface area contributed by atoms with Crippen molar-refractivity contribution in [3.63, 3.8) is 0 Å². The van der Waals surface area contributed by atoms with Gasteiger partial charge in [0.15, 0.2) is 5.65 Å². The molecule has 0 amide bonds. The molecule has 4 nitrogen and oxygen atoms in total. The van der Waals surface area contributed by atoms with Crippen LogP contribution in [0, 0.1) is 11.3 Å². The molecule has 2 aromatic heterocycles. The van der Waals surface area contributed by atoms with Crippen LogP contribution in [-0.4, -0.2) is 14.8 Å². The van der Waals surface area contributed by atoms with E-state index in [1.165, 1.54) is 0 Å². The molecule has 0 saturated heterocycles. The van der Waals surface area contributed by atoms with E-state index in [2.05, 4.69) is 30.0 Å². The quantitative estimate of drug-likeness (QED) is 0.707. The lowest BCUT2D eigenvalue weighted by Crippen LogP contribution is -1.93. The topological polar surface area (TPSA) is 54.5 Å². The molecule has 0 atom stereocenters. The van der Waals surface area contributed by atoms with Crippen LogP contribution in [-0.2, 0) is 7.05 Å². The highest BCUT2D eigenvalue weighted by molar-refractivity contribution is 5.80. The second-order valence-electron chi connectivity index (χ2n) is 3.87. The highest BCUT2D eigenvalue weighted by Gasteiger charge is 2.12. The van der Waals surface area contributed by atoms with Gasteiger partial charge in [0.1, 0.15) is 6.07 Å². The zero-order chi connectivity index (χ0) is 11.0. The van der Waals surface area contributed by atoms with Gasteiger partial charge in [0.25, 0.3) is 0 Å². The SMILES string of the molecule is CC(C)c1nn(C)c2ncc(C#N)cc12. The van der Waals surface area contributed by atoms with Crippen LogP contribution in [0.5, 0.6) is 0 Å². The first-order valence-electron chi connectivity index (χ1n) is 4.86. The number of rotatable bonds is 1. The van der Waals surface area contributed by atoms with Crippen LogP contribution in [0.15, 0.2) is 12.3 Å². The summed E-state index contributed by atoms with van der Waals surface area (Å²) < 4.78 is 1.76. The number of aryl methyl sites for hydroxylation is 1. The van der Waals surface area contributed by atoms with Crippen LogP contribution < -0.4 is 0 Å². The first kappa shape index (κ1) is 9.66. The van der Waals surface area contributed by atoms with Crippen molar-refractivity contribution in [1.29, 1.82) is 5.26 Å². The number of fused-ring (bicyclic) bond motifs is 1. The highest BCUT2D eigenvalue weighted by Crippen LogP contribution is 2.23. The Hall–Kier alpha value is -1.89. The van der Waals surface area contributed by atoms with Gasteiger partial charge in [0, 0.05) is 18.6 Å². The molecule has 2 aromatic rings. The minimum atomic E-state index is 0.337. The minimum Gasteiger partial charge on any atom is -0.250 e. The smallest absolute Gasteiger partial charge is 0.157 e. The van der Waals surface area contributed by atoms with Gasteiger partial charge in [0.2, 0.25) is 0 Å². The Morgan fingerprint density at radius 3 is 2.80 bits per heavy atom. The van der Waals surface area contributed by atoms with Gasteiger partial charge in [-0.15, -0.1) is 0 Å². The van der Waals surface area contributed by atoms with E-state index in [1.54, 1.807) is 10.9 Å². The lowest BCUT2D eigenvalue weighted by atomic mass is 10.1. The fraction of sp³-hybridized carbons (Fsp3) is 0.364. The van der Waals surface area contributed by atoms with Crippen molar-refractivity contribution in [3.8, 4) is 6.07 Å². The van der Waals surface area contributed by atoms with Gasteiger partial charge in [-0.1, -0.05) is 13.8 Å². The Morgan fingerprint density at radius 2 is 2.20 bits per heavy atom. The summed E-state index contributed by atoms with van der Waals surface area (Å²) in [4.78, 5) is 4.23. The van der Waals surface area contributed by atoms with E-state index in [-0.39, 0.29) is 0 Å². The van der Waals surface area contributed by atoms with E-state index in [4.69, 9.17) is 5.26 Å². The summed E-state index contributed by atoms with van der Waals surface area (Å²) >= 11 is 0. The maximum absolute atomic E-state index is 8.82. The van der Waals surface area contributed by atoms with Crippen molar-refractivity contribution in [2.75, 3.05) is 0 Å². The van der Waals surface area contributed by atoms with Gasteiger partial charge in [-0.2, -0.15) is 10.4 Å². The highest BCUT2D eigenvalue weighted by atomic mass is 15.3. The third-order valence-electron chi connectivity index (χ3n) is 2.38. The van der Waals surface area contributed by atoms with Crippen LogP contribution in [0.4, 0.5) is 0 Å². The summed E-state index contributed by atoms with van der Waals surface area (Å²) in [7, 11) is 1.87. The monoisotopic (exact) mass is 200 g/mol. The number of aromatic nitrogens is 3. The summed E-state index contributed by atoms with van der Waals surface area (Å²) in [5, 5.41) is 14.2. The van der Waals surface area contributed by atoms with Gasteiger partial charge in [-0.25, -0.2) is 4.98 Å². The predicted octanol–water partition coefficient (Wildman–Crippen LogP) is 1.96. The first-order valence-corrected chi connectivity index (χ1v) is 4.86. The average molecular weight is 200 g/mol. The Labute approximate surface area is 88.2 Å². The molecule has 2 heterocycles. The van der Waals surface area contributed by atoms with Crippen molar-refractivity contribution < 1.29 is 0 Å². The summed E-state index contributed by atoms with van der Waals surface area (Å²) in [5.74, 6) is 0.337. The summed E-state index contributed by atoms with van der Waals surface area (Å²) in [5.41, 5.74) is 2.41. The number of nitriles is 1. The Morgan fingerprint density at radius 1 is 1.47 bits per heavy atom. The molecule has 0 fully saturated rings. The Bertz CT molecular complexity index is 545. The molecule has 0 aromatic carbocycles. The molecule has 15 heavy (non-hydrogen) atoms. The molecule has 0 bridgehead atoms. The molecular formula is C11H12N4. The van der Waals surface area contributed by atoms with Gasteiger partial charge in [0.05, 0.1) is 11.3 Å². The zero-order valence-corrected chi connectivity index (χ0v) is 9.02. The fourth-order valence-corrected chi connectivity index (χ4v) is 1.65. The standard InChI is InChI=1S/C11H12N4/c1-7(2)10-9-4-8(5-12)6-13-11(9)15(3)14-10/h4,6-7H,1-3H3. The largest absolute Gasteiger partial charge is 0.250 e. The van der Waals surface area contributed by atoms with E-state index in [9.17, 15) is 0 Å². The van der Waals surface area contributed by atoms with Crippen LogP contribution >= 0.6 is 0 Å². The first-order chi connectivity index (χ1) is 7.13. The summed E-state index contributed by atoms with van der Waals surface area (Å²) in [6.45, 7) is 4.17. The van der Waals surface area contributed by atoms with Crippen LogP contribution in [0.1, 0.15) is 31.0 Å². The second-order valence-corrected chi connectivity index (χ2v) is 3.87. The predicted molar refractivity (Wildman–Crippen MR) is 57.3 cm³/mol. The number of hydrogen-bond donors (Lipinski definition) is 0. The molecule has 0 aliphatic rings. The fourth-order valence-electron chi connectivity index (χ4n) is 1.65. The third kappa shape index (κ3) is 1.46. The Balaban J connectivity index is 2.79.